The Kier molecular flexibility index (Phi) is 5.87. The van der Waals surface area contributed by atoms with Crippen molar-refractivity contribution in [2.75, 3.05) is 0 Å². The molecule has 1 atom stereocenters. The average Bonchev–Trinajstić information content (AvgIpc) is 2.43. The predicted octanol–water partition coefficient (Wildman–Crippen LogP) is 4.89. The first-order valence-corrected chi connectivity index (χ1v) is 6.12. The van der Waals surface area contributed by atoms with Gasteiger partial charge in [0.15, 0.2) is 0 Å². The first kappa shape index (κ1) is 17.6. The van der Waals surface area contributed by atoms with Gasteiger partial charge in [0.25, 0.3) is 0 Å². The molecule has 0 radical (unpaired) electrons. The van der Waals surface area contributed by atoms with E-state index in [1.54, 1.807) is 0 Å². The largest absolute Gasteiger partial charge is 0.455 e. The molecule has 0 bridgehead atoms. The molecule has 0 aromatic carbocycles. The summed E-state index contributed by atoms with van der Waals surface area (Å²) < 4.78 is 62.6. The first-order valence-electron chi connectivity index (χ1n) is 3.72. The van der Waals surface area contributed by atoms with Gasteiger partial charge in [-0.3, -0.25) is 0 Å². The molecule has 0 aliphatic rings. The zero-order valence-electron chi connectivity index (χ0n) is 7.69. The maximum atomic E-state index is 12.9. The van der Waals surface area contributed by atoms with E-state index in [0.29, 0.717) is 8.26 Å². The molecule has 0 aliphatic carbocycles. The molecule has 0 amide bonds. The van der Waals surface area contributed by atoms with Crippen LogP contribution in [0.5, 0.6) is 0 Å². The van der Waals surface area contributed by atoms with Crippen LogP contribution in [-0.2, 0) is 0 Å². The summed E-state index contributed by atoms with van der Waals surface area (Å²) >= 11 is 6.71. The van der Waals surface area contributed by atoms with Gasteiger partial charge in [-0.1, -0.05) is 0 Å². The zero-order chi connectivity index (χ0) is 12.7. The van der Waals surface area contributed by atoms with Gasteiger partial charge < -0.3 is 5.73 Å². The third kappa shape index (κ3) is 3.52. The molecule has 1 heterocycles. The number of rotatable bonds is 2. The summed E-state index contributed by atoms with van der Waals surface area (Å²) in [5.41, 5.74) is 4.94. The maximum absolute atomic E-state index is 12.9. The second-order valence-electron chi connectivity index (χ2n) is 2.87. The van der Waals surface area contributed by atoms with Crippen molar-refractivity contribution in [3.8, 4) is 0 Å². The third-order valence-electron chi connectivity index (χ3n) is 1.74. The minimum Gasteiger partial charge on any atom is -0.318 e. The van der Waals surface area contributed by atoms with E-state index in [-0.39, 0.29) is 17.3 Å². The average molecular weight is 425 g/mol. The molecule has 1 aromatic heterocycles. The Morgan fingerprint density at radius 1 is 1.18 bits per heavy atom. The van der Waals surface area contributed by atoms with Crippen molar-refractivity contribution in [1.29, 1.82) is 0 Å². The summed E-state index contributed by atoms with van der Waals surface area (Å²) in [6, 6.07) is -1.26. The normalized spacial score (nSPS) is 14.4. The van der Waals surface area contributed by atoms with Crippen molar-refractivity contribution in [1.82, 2.24) is 0 Å². The first-order chi connectivity index (χ1) is 7.07. The molecule has 2 N–H and O–H groups in total. The van der Waals surface area contributed by atoms with Crippen LogP contribution in [0.1, 0.15) is 10.9 Å². The minimum atomic E-state index is -5.66. The van der Waals surface area contributed by atoms with Crippen LogP contribution in [0.3, 0.4) is 0 Å². The van der Waals surface area contributed by atoms with E-state index in [1.807, 2.05) is 0 Å². The zero-order valence-corrected chi connectivity index (χ0v) is 12.5. The van der Waals surface area contributed by atoms with Crippen LogP contribution in [0.15, 0.2) is 14.3 Å². The SMILES string of the molecule is Cl.N[C@@H](c1cc(Br)c(Br)s1)C(F)(F)C(F)(F)F. The Balaban J connectivity index is 0.00000256. The molecule has 1 rings (SSSR count). The second-order valence-corrected chi connectivity index (χ2v) is 6.12. The minimum absolute atomic E-state index is 0. The maximum Gasteiger partial charge on any atom is 0.455 e. The molecule has 0 unspecified atom stereocenters. The molecule has 17 heavy (non-hydrogen) atoms. The summed E-state index contributed by atoms with van der Waals surface area (Å²) in [6.07, 6.45) is -5.66. The van der Waals surface area contributed by atoms with Crippen LogP contribution < -0.4 is 5.73 Å². The molecule has 0 saturated heterocycles. The van der Waals surface area contributed by atoms with Crippen LogP contribution in [0, 0.1) is 0 Å². The molecule has 1 aromatic rings. The van der Waals surface area contributed by atoms with Gasteiger partial charge in [0.1, 0.15) is 6.04 Å². The summed E-state index contributed by atoms with van der Waals surface area (Å²) in [5.74, 6) is -4.95. The Labute approximate surface area is 120 Å². The molecule has 0 fully saturated rings. The molecule has 1 nitrogen and oxygen atoms in total. The highest BCUT2D eigenvalue weighted by Crippen LogP contribution is 2.46. The summed E-state index contributed by atoms with van der Waals surface area (Å²) in [5, 5.41) is 0. The molecule has 0 spiro atoms. The lowest BCUT2D eigenvalue weighted by Crippen LogP contribution is -2.45. The summed E-state index contributed by atoms with van der Waals surface area (Å²) in [6.45, 7) is 0. The van der Waals surface area contributed by atoms with Gasteiger partial charge in [-0.2, -0.15) is 22.0 Å². The van der Waals surface area contributed by atoms with E-state index in [0.717, 1.165) is 17.4 Å². The highest BCUT2D eigenvalue weighted by atomic mass is 79.9. The van der Waals surface area contributed by atoms with E-state index >= 15 is 0 Å². The van der Waals surface area contributed by atoms with E-state index in [9.17, 15) is 22.0 Å². The lowest BCUT2D eigenvalue weighted by atomic mass is 10.1. The Bertz CT molecular complexity index is 375. The highest BCUT2D eigenvalue weighted by Gasteiger charge is 2.62. The molecule has 0 saturated carbocycles. The van der Waals surface area contributed by atoms with Gasteiger partial charge in [0, 0.05) is 9.35 Å². The highest BCUT2D eigenvalue weighted by molar-refractivity contribution is 9.13. The van der Waals surface area contributed by atoms with Gasteiger partial charge >= 0.3 is 12.1 Å². The standard InChI is InChI=1S/C7H4Br2F5NS.ClH/c8-2-1-3(16-5(2)9)4(15)6(10,11)7(12,13)14;/h1,4H,15H2;1H/t4-;/m0./s1. The summed E-state index contributed by atoms with van der Waals surface area (Å²) in [4.78, 5) is -0.249. The monoisotopic (exact) mass is 423 g/mol. The van der Waals surface area contributed by atoms with Crippen molar-refractivity contribution in [2.24, 2.45) is 5.73 Å². The Morgan fingerprint density at radius 3 is 1.94 bits per heavy atom. The van der Waals surface area contributed by atoms with Crippen molar-refractivity contribution in [3.63, 3.8) is 0 Å². The molecular weight excluding hydrogens is 420 g/mol. The number of hydrogen-bond donors (Lipinski definition) is 1. The van der Waals surface area contributed by atoms with Crippen molar-refractivity contribution in [2.45, 2.75) is 18.1 Å². The fraction of sp³-hybridized carbons (Fsp3) is 0.429. The van der Waals surface area contributed by atoms with E-state index in [1.165, 1.54) is 0 Å². The quantitative estimate of drug-likeness (QED) is 0.671. The fourth-order valence-electron chi connectivity index (χ4n) is 0.872. The lowest BCUT2D eigenvalue weighted by Gasteiger charge is -2.24. The van der Waals surface area contributed by atoms with Crippen LogP contribution in [0.25, 0.3) is 0 Å². The van der Waals surface area contributed by atoms with Crippen LogP contribution in [-0.4, -0.2) is 12.1 Å². The van der Waals surface area contributed by atoms with E-state index < -0.39 is 18.1 Å². The van der Waals surface area contributed by atoms with Crippen molar-refractivity contribution in [3.05, 3.63) is 19.2 Å². The predicted molar refractivity (Wildman–Crippen MR) is 64.9 cm³/mol. The van der Waals surface area contributed by atoms with Crippen molar-refractivity contribution >= 4 is 55.6 Å². The Hall–Kier alpha value is 0.560. The van der Waals surface area contributed by atoms with E-state index in [2.05, 4.69) is 31.9 Å². The number of halogens is 8. The van der Waals surface area contributed by atoms with E-state index in [4.69, 9.17) is 5.73 Å². The molecule has 0 aliphatic heterocycles. The molecule has 100 valence electrons. The number of alkyl halides is 5. The fourth-order valence-corrected chi connectivity index (χ4v) is 3.00. The number of hydrogen-bond acceptors (Lipinski definition) is 2. The third-order valence-corrected chi connectivity index (χ3v) is 5.08. The number of nitrogens with two attached hydrogens (primary N) is 1. The smallest absolute Gasteiger partial charge is 0.318 e. The van der Waals surface area contributed by atoms with Gasteiger partial charge in [0.2, 0.25) is 0 Å². The van der Waals surface area contributed by atoms with Crippen LogP contribution in [0.2, 0.25) is 0 Å². The Morgan fingerprint density at radius 2 is 1.65 bits per heavy atom. The second kappa shape index (κ2) is 5.68. The van der Waals surface area contributed by atoms with Gasteiger partial charge in [0.05, 0.1) is 3.79 Å². The topological polar surface area (TPSA) is 26.0 Å². The van der Waals surface area contributed by atoms with Crippen LogP contribution >= 0.6 is 55.6 Å². The molecular formula is C7H5Br2ClF5NS. The van der Waals surface area contributed by atoms with Gasteiger partial charge in [-0.25, -0.2) is 0 Å². The molecule has 10 heteroatoms. The summed E-state index contributed by atoms with van der Waals surface area (Å²) in [7, 11) is 0. The van der Waals surface area contributed by atoms with Crippen LogP contribution in [0.4, 0.5) is 22.0 Å². The number of thiophene rings is 1. The van der Waals surface area contributed by atoms with Crippen molar-refractivity contribution < 1.29 is 22.0 Å². The lowest BCUT2D eigenvalue weighted by molar-refractivity contribution is -0.290. The van der Waals surface area contributed by atoms with Gasteiger partial charge in [-0.05, 0) is 37.9 Å². The van der Waals surface area contributed by atoms with Gasteiger partial charge in [-0.15, -0.1) is 23.7 Å².